The molecule has 5 heteroatoms. The molecule has 0 aromatic heterocycles. The first-order chi connectivity index (χ1) is 16.9. The molecule has 0 saturated carbocycles. The Morgan fingerprint density at radius 1 is 0.886 bits per heavy atom. The van der Waals surface area contributed by atoms with Crippen molar-refractivity contribution in [2.75, 3.05) is 0 Å². The second-order valence-electron chi connectivity index (χ2n) is 9.96. The number of aliphatic hydroxyl groups is 1. The Kier molecular flexibility index (Phi) is 4.81. The Labute approximate surface area is 205 Å². The second kappa shape index (κ2) is 7.91. The van der Waals surface area contributed by atoms with E-state index in [0.717, 1.165) is 63.7 Å². The number of hydrogen-bond donors (Lipinski definition) is 2. The van der Waals surface area contributed by atoms with Crippen LogP contribution in [0.15, 0.2) is 128 Å². The first-order valence-corrected chi connectivity index (χ1v) is 11.8. The van der Waals surface area contributed by atoms with Crippen molar-refractivity contribution in [3.8, 4) is 0 Å². The predicted octanol–water partition coefficient (Wildman–Crippen LogP) is 6.19. The lowest BCUT2D eigenvalue weighted by molar-refractivity contribution is 0.471. The van der Waals surface area contributed by atoms with Gasteiger partial charge >= 0.3 is 0 Å². The molecule has 0 aliphatic carbocycles. The van der Waals surface area contributed by atoms with Crippen LogP contribution in [0.4, 0.5) is 0 Å². The summed E-state index contributed by atoms with van der Waals surface area (Å²) in [5.74, 6) is 0. The van der Waals surface area contributed by atoms with Crippen molar-refractivity contribution in [1.82, 2.24) is 5.32 Å². The van der Waals surface area contributed by atoms with Gasteiger partial charge in [0, 0.05) is 28.0 Å². The van der Waals surface area contributed by atoms with Crippen LogP contribution >= 0.6 is 0 Å². The highest BCUT2D eigenvalue weighted by Crippen LogP contribution is 2.40. The van der Waals surface area contributed by atoms with Gasteiger partial charge in [-0.15, -0.1) is 0 Å². The van der Waals surface area contributed by atoms with Crippen LogP contribution in [0.2, 0.25) is 0 Å². The quantitative estimate of drug-likeness (QED) is 0.493. The molecule has 8 bridgehead atoms. The molecule has 1 aromatic rings. The molecule has 5 aliphatic heterocycles. The van der Waals surface area contributed by atoms with E-state index in [9.17, 15) is 5.11 Å². The van der Waals surface area contributed by atoms with Crippen LogP contribution in [0.3, 0.4) is 0 Å². The summed E-state index contributed by atoms with van der Waals surface area (Å²) in [6, 6.07) is 8.38. The van der Waals surface area contributed by atoms with Crippen molar-refractivity contribution in [2.24, 2.45) is 20.4 Å². The number of nitrogens with one attached hydrogen (secondary N) is 1. The van der Waals surface area contributed by atoms with Crippen molar-refractivity contribution in [3.63, 3.8) is 0 Å². The highest BCUT2D eigenvalue weighted by molar-refractivity contribution is 6.16. The fraction of sp³-hybridized carbons (Fsp3) is 0.167. The minimum atomic E-state index is -0.0298. The topological polar surface area (TPSA) is 69.3 Å². The number of allylic oxidation sites excluding steroid dienone is 12. The van der Waals surface area contributed by atoms with Gasteiger partial charge in [-0.2, -0.15) is 0 Å². The SMILES string of the molecule is Cc1ccc(C2=C3C=CC(=N3)C=C3CC(C)(C)C(=CC4=NC(=CC5=NC2=C/C5=C/O)C=C4)N3)cc1. The fourth-order valence-corrected chi connectivity index (χ4v) is 4.84. The van der Waals surface area contributed by atoms with Crippen LogP contribution in [0.5, 0.6) is 0 Å². The summed E-state index contributed by atoms with van der Waals surface area (Å²) in [5, 5.41) is 13.6. The number of hydrogen-bond acceptors (Lipinski definition) is 5. The Morgan fingerprint density at radius 3 is 2.46 bits per heavy atom. The van der Waals surface area contributed by atoms with Gasteiger partial charge in [-0.05, 0) is 67.5 Å². The van der Waals surface area contributed by atoms with Gasteiger partial charge in [-0.25, -0.2) is 15.0 Å². The minimum absolute atomic E-state index is 0.0298. The third-order valence-corrected chi connectivity index (χ3v) is 6.72. The molecule has 5 aliphatic rings. The maximum absolute atomic E-state index is 9.98. The Hall–Kier alpha value is -4.25. The smallest absolute Gasteiger partial charge is 0.0886 e. The maximum atomic E-state index is 9.98. The Balaban J connectivity index is 1.58. The lowest BCUT2D eigenvalue weighted by Crippen LogP contribution is -2.14. The molecule has 6 rings (SSSR count). The number of fused-ring (bicyclic) bond motifs is 5. The van der Waals surface area contributed by atoms with Gasteiger partial charge in [0.2, 0.25) is 0 Å². The first kappa shape index (κ1) is 21.3. The van der Waals surface area contributed by atoms with Gasteiger partial charge in [0.15, 0.2) is 0 Å². The summed E-state index contributed by atoms with van der Waals surface area (Å²) < 4.78 is 0. The number of rotatable bonds is 1. The van der Waals surface area contributed by atoms with E-state index in [2.05, 4.69) is 62.5 Å². The van der Waals surface area contributed by atoms with Gasteiger partial charge in [0.1, 0.15) is 0 Å². The third-order valence-electron chi connectivity index (χ3n) is 6.72. The Bertz CT molecular complexity index is 1490. The zero-order valence-electron chi connectivity index (χ0n) is 20.0. The highest BCUT2D eigenvalue weighted by Gasteiger charge is 2.33. The number of aliphatic hydroxyl groups excluding tert-OH is 1. The van der Waals surface area contributed by atoms with Crippen molar-refractivity contribution in [2.45, 2.75) is 27.2 Å². The summed E-state index contributed by atoms with van der Waals surface area (Å²) in [6.07, 6.45) is 18.1. The summed E-state index contributed by atoms with van der Waals surface area (Å²) in [6.45, 7) is 6.55. The molecule has 1 aromatic carbocycles. The molecule has 1 saturated heterocycles. The van der Waals surface area contributed by atoms with Gasteiger partial charge < -0.3 is 10.4 Å². The molecule has 5 nitrogen and oxygen atoms in total. The highest BCUT2D eigenvalue weighted by atomic mass is 16.2. The van der Waals surface area contributed by atoms with Crippen LogP contribution < -0.4 is 5.32 Å². The van der Waals surface area contributed by atoms with E-state index in [1.807, 2.05) is 36.5 Å². The molecular weight excluding hydrogens is 432 g/mol. The largest absolute Gasteiger partial charge is 0.515 e. The van der Waals surface area contributed by atoms with E-state index in [1.165, 1.54) is 5.56 Å². The fourth-order valence-electron chi connectivity index (χ4n) is 4.84. The molecule has 5 heterocycles. The number of aliphatic imine (C=N–C) groups is 3. The van der Waals surface area contributed by atoms with E-state index >= 15 is 0 Å². The average Bonchev–Trinajstić information content (AvgIpc) is 3.59. The molecule has 172 valence electrons. The van der Waals surface area contributed by atoms with Crippen molar-refractivity contribution in [3.05, 3.63) is 124 Å². The second-order valence-corrected chi connectivity index (χ2v) is 9.96. The van der Waals surface area contributed by atoms with E-state index in [0.29, 0.717) is 11.3 Å². The molecule has 1 fully saturated rings. The lowest BCUT2D eigenvalue weighted by atomic mass is 9.87. The van der Waals surface area contributed by atoms with E-state index < -0.39 is 0 Å². The minimum Gasteiger partial charge on any atom is -0.515 e. The molecule has 0 spiro atoms. The van der Waals surface area contributed by atoms with E-state index in [4.69, 9.17) is 15.0 Å². The van der Waals surface area contributed by atoms with Gasteiger partial charge in [0.25, 0.3) is 0 Å². The summed E-state index contributed by atoms with van der Waals surface area (Å²) in [5.41, 5.74) is 10.9. The van der Waals surface area contributed by atoms with Crippen molar-refractivity contribution >= 4 is 22.7 Å². The van der Waals surface area contributed by atoms with Crippen molar-refractivity contribution < 1.29 is 5.11 Å². The maximum Gasteiger partial charge on any atom is 0.0886 e. The van der Waals surface area contributed by atoms with Crippen LogP contribution in [-0.4, -0.2) is 22.2 Å². The van der Waals surface area contributed by atoms with Crippen molar-refractivity contribution in [1.29, 1.82) is 0 Å². The van der Waals surface area contributed by atoms with Gasteiger partial charge in [0.05, 0.1) is 40.5 Å². The van der Waals surface area contributed by atoms with Crippen LogP contribution in [-0.2, 0) is 0 Å². The molecule has 0 amide bonds. The monoisotopic (exact) mass is 458 g/mol. The van der Waals surface area contributed by atoms with Gasteiger partial charge in [-0.1, -0.05) is 43.7 Å². The Morgan fingerprint density at radius 2 is 1.66 bits per heavy atom. The zero-order chi connectivity index (χ0) is 24.2. The third kappa shape index (κ3) is 3.89. The normalized spacial score (nSPS) is 22.9. The number of nitrogens with zero attached hydrogens (tertiary/aromatic N) is 3. The molecule has 0 radical (unpaired) electrons. The molecular formula is C30H26N4O. The molecule has 0 unspecified atom stereocenters. The van der Waals surface area contributed by atoms with E-state index in [1.54, 1.807) is 0 Å². The molecule has 2 N–H and O–H groups in total. The van der Waals surface area contributed by atoms with Crippen LogP contribution in [0, 0.1) is 12.3 Å². The summed E-state index contributed by atoms with van der Waals surface area (Å²) in [4.78, 5) is 14.7. The molecule has 35 heavy (non-hydrogen) atoms. The first-order valence-electron chi connectivity index (χ1n) is 11.8. The predicted molar refractivity (Wildman–Crippen MR) is 143 cm³/mol. The number of benzene rings is 1. The van der Waals surface area contributed by atoms with Crippen LogP contribution in [0.1, 0.15) is 31.4 Å². The summed E-state index contributed by atoms with van der Waals surface area (Å²) in [7, 11) is 0. The lowest BCUT2D eigenvalue weighted by Gasteiger charge is -2.17. The standard InChI is InChI=1S/C30H26N4O/c1-18-4-6-19(7-5-18)29-25-11-10-21(32-25)13-24-16-30(2,3)28(33-24)15-23-9-8-22(31-23)14-26-20(17-35)12-27(29)34-26/h4-15,17,33,35H,16H2,1-3H3/b20-17-,22-14?,24-13?,28-15?,29-25?. The van der Waals surface area contributed by atoms with Crippen LogP contribution in [0.25, 0.3) is 5.57 Å². The average molecular weight is 459 g/mol. The number of aryl methyl sites for hydroxylation is 1. The van der Waals surface area contributed by atoms with E-state index in [-0.39, 0.29) is 5.41 Å². The zero-order valence-corrected chi connectivity index (χ0v) is 20.0. The summed E-state index contributed by atoms with van der Waals surface area (Å²) >= 11 is 0. The van der Waals surface area contributed by atoms with Gasteiger partial charge in [-0.3, -0.25) is 0 Å². The molecule has 0 atom stereocenters.